The number of hydrogen-bond donors (Lipinski definition) is 2. The number of pyridine rings is 1. The van der Waals surface area contributed by atoms with Gasteiger partial charge in [0, 0.05) is 23.0 Å². The fourth-order valence-corrected chi connectivity index (χ4v) is 3.42. The number of anilines is 2. The average molecular weight is 269 g/mol. The number of thiophene rings is 1. The summed E-state index contributed by atoms with van der Waals surface area (Å²) in [6, 6.07) is 4.69. The Hall–Kier alpha value is -1.60. The van der Waals surface area contributed by atoms with Crippen LogP contribution in [-0.2, 0) is 10.0 Å². The molecular weight excluding hydrogens is 258 g/mol. The molecule has 0 aliphatic carbocycles. The van der Waals surface area contributed by atoms with E-state index in [1.807, 2.05) is 0 Å². The van der Waals surface area contributed by atoms with Crippen LogP contribution in [0, 0.1) is 6.92 Å². The van der Waals surface area contributed by atoms with Gasteiger partial charge in [0.2, 0.25) is 0 Å². The highest BCUT2D eigenvalue weighted by atomic mass is 32.2. The van der Waals surface area contributed by atoms with Gasteiger partial charge < -0.3 is 5.73 Å². The van der Waals surface area contributed by atoms with Crippen molar-refractivity contribution in [1.82, 2.24) is 4.98 Å². The number of aromatic nitrogens is 1. The summed E-state index contributed by atoms with van der Waals surface area (Å²) in [4.78, 5) is 3.99. The first-order chi connectivity index (χ1) is 7.97. The lowest BCUT2D eigenvalue weighted by atomic mass is 10.3. The predicted octanol–water partition coefficient (Wildman–Crippen LogP) is 1.83. The van der Waals surface area contributed by atoms with E-state index >= 15 is 0 Å². The fraction of sp³-hybridized carbons (Fsp3) is 0.100. The zero-order chi connectivity index (χ0) is 12.5. The van der Waals surface area contributed by atoms with Crippen LogP contribution in [0.2, 0.25) is 0 Å². The molecule has 0 bridgehead atoms. The number of rotatable bonds is 3. The van der Waals surface area contributed by atoms with Gasteiger partial charge in [-0.05, 0) is 25.1 Å². The second-order valence-electron chi connectivity index (χ2n) is 3.49. The zero-order valence-electron chi connectivity index (χ0n) is 9.04. The number of nitrogens with zero attached hydrogens (tertiary/aromatic N) is 1. The molecule has 0 atom stereocenters. The Morgan fingerprint density at radius 1 is 1.41 bits per heavy atom. The molecule has 0 saturated heterocycles. The van der Waals surface area contributed by atoms with Crippen LogP contribution in [0.4, 0.5) is 11.4 Å². The van der Waals surface area contributed by atoms with Crippen LogP contribution in [0.3, 0.4) is 0 Å². The molecule has 0 aliphatic rings. The van der Waals surface area contributed by atoms with Crippen LogP contribution in [0.15, 0.2) is 34.0 Å². The van der Waals surface area contributed by atoms with Crippen LogP contribution in [0.1, 0.15) is 5.69 Å². The molecule has 2 aromatic rings. The van der Waals surface area contributed by atoms with E-state index < -0.39 is 10.0 Å². The van der Waals surface area contributed by atoms with Crippen LogP contribution in [0.25, 0.3) is 0 Å². The smallest absolute Gasteiger partial charge is 0.271 e. The van der Waals surface area contributed by atoms with E-state index in [1.54, 1.807) is 30.6 Å². The molecule has 2 rings (SSSR count). The van der Waals surface area contributed by atoms with Crippen molar-refractivity contribution in [2.45, 2.75) is 11.1 Å². The summed E-state index contributed by atoms with van der Waals surface area (Å²) in [5, 5.41) is 1.59. The Bertz CT molecular complexity index is 635. The van der Waals surface area contributed by atoms with Crippen molar-refractivity contribution in [2.24, 2.45) is 0 Å². The monoisotopic (exact) mass is 269 g/mol. The molecule has 0 radical (unpaired) electrons. The quantitative estimate of drug-likeness (QED) is 0.890. The number of hydrogen-bond acceptors (Lipinski definition) is 5. The van der Waals surface area contributed by atoms with Gasteiger partial charge in [-0.15, -0.1) is 11.3 Å². The van der Waals surface area contributed by atoms with Crippen molar-refractivity contribution in [3.05, 3.63) is 35.5 Å². The topological polar surface area (TPSA) is 85.1 Å². The van der Waals surface area contributed by atoms with Crippen molar-refractivity contribution in [1.29, 1.82) is 0 Å². The van der Waals surface area contributed by atoms with E-state index in [0.717, 1.165) is 17.0 Å². The minimum absolute atomic E-state index is 0.199. The normalized spacial score (nSPS) is 11.4. The van der Waals surface area contributed by atoms with E-state index in [9.17, 15) is 8.42 Å². The van der Waals surface area contributed by atoms with E-state index in [1.165, 1.54) is 6.07 Å². The minimum Gasteiger partial charge on any atom is -0.398 e. The highest BCUT2D eigenvalue weighted by molar-refractivity contribution is 7.94. The predicted molar refractivity (Wildman–Crippen MR) is 68.5 cm³/mol. The Kier molecular flexibility index (Phi) is 3.03. The summed E-state index contributed by atoms with van der Waals surface area (Å²) in [6.07, 6.45) is 1.55. The molecule has 0 fully saturated rings. The first-order valence-corrected chi connectivity index (χ1v) is 7.13. The maximum absolute atomic E-state index is 11.9. The summed E-state index contributed by atoms with van der Waals surface area (Å²) in [7, 11) is -3.55. The van der Waals surface area contributed by atoms with E-state index in [2.05, 4.69) is 9.71 Å². The summed E-state index contributed by atoms with van der Waals surface area (Å²) < 4.78 is 26.6. The first-order valence-electron chi connectivity index (χ1n) is 4.77. The van der Waals surface area contributed by atoms with Gasteiger partial charge in [0.05, 0.1) is 5.69 Å². The standard InChI is InChI=1S/C10H11N3O2S2/c1-7-4-9(2-3-12-7)13-17(14,15)10-5-8(11)6-16-10/h2-6H,11H2,1H3,(H,12,13). The third-order valence-electron chi connectivity index (χ3n) is 2.01. The van der Waals surface area contributed by atoms with Crippen molar-refractivity contribution in [2.75, 3.05) is 10.5 Å². The average Bonchev–Trinajstić information content (AvgIpc) is 2.65. The van der Waals surface area contributed by atoms with Gasteiger partial charge in [-0.3, -0.25) is 9.71 Å². The molecular formula is C10H11N3O2S2. The second-order valence-corrected chi connectivity index (χ2v) is 6.31. The Labute approximate surface area is 103 Å². The Balaban J connectivity index is 2.29. The molecule has 5 nitrogen and oxygen atoms in total. The number of nitrogens with one attached hydrogen (secondary N) is 1. The van der Waals surface area contributed by atoms with E-state index in [4.69, 9.17) is 5.73 Å². The lowest BCUT2D eigenvalue weighted by molar-refractivity contribution is 0.603. The van der Waals surface area contributed by atoms with Crippen molar-refractivity contribution in [3.8, 4) is 0 Å². The second kappa shape index (κ2) is 4.34. The molecule has 3 N–H and O–H groups in total. The fourth-order valence-electron chi connectivity index (χ4n) is 1.29. The van der Waals surface area contributed by atoms with Crippen molar-refractivity contribution >= 4 is 32.7 Å². The minimum atomic E-state index is -3.55. The molecule has 17 heavy (non-hydrogen) atoms. The maximum Gasteiger partial charge on any atom is 0.271 e. The van der Waals surface area contributed by atoms with Gasteiger partial charge in [0.15, 0.2) is 0 Å². The molecule has 2 aromatic heterocycles. The van der Waals surface area contributed by atoms with E-state index in [0.29, 0.717) is 11.4 Å². The first kappa shape index (κ1) is 11.9. The van der Waals surface area contributed by atoms with Gasteiger partial charge in [-0.1, -0.05) is 0 Å². The molecule has 90 valence electrons. The van der Waals surface area contributed by atoms with Crippen LogP contribution in [-0.4, -0.2) is 13.4 Å². The molecule has 0 amide bonds. The summed E-state index contributed by atoms with van der Waals surface area (Å²) in [6.45, 7) is 1.79. The molecule has 0 aromatic carbocycles. The molecule has 0 unspecified atom stereocenters. The maximum atomic E-state index is 11.9. The molecule has 0 aliphatic heterocycles. The van der Waals surface area contributed by atoms with Gasteiger partial charge in [0.25, 0.3) is 10.0 Å². The van der Waals surface area contributed by atoms with E-state index in [-0.39, 0.29) is 4.21 Å². The molecule has 7 heteroatoms. The van der Waals surface area contributed by atoms with Gasteiger partial charge in [0.1, 0.15) is 4.21 Å². The Morgan fingerprint density at radius 3 is 2.76 bits per heavy atom. The lowest BCUT2D eigenvalue weighted by Gasteiger charge is -2.06. The highest BCUT2D eigenvalue weighted by Gasteiger charge is 2.16. The highest BCUT2D eigenvalue weighted by Crippen LogP contribution is 2.24. The zero-order valence-corrected chi connectivity index (χ0v) is 10.7. The SMILES string of the molecule is Cc1cc(NS(=O)(=O)c2cc(N)cs2)ccn1. The molecule has 0 saturated carbocycles. The van der Waals surface area contributed by atoms with Crippen LogP contribution >= 0.6 is 11.3 Å². The number of sulfonamides is 1. The number of nitrogen functional groups attached to an aromatic ring is 1. The van der Waals surface area contributed by atoms with Gasteiger partial charge in [-0.2, -0.15) is 0 Å². The van der Waals surface area contributed by atoms with Gasteiger partial charge in [-0.25, -0.2) is 8.42 Å². The van der Waals surface area contributed by atoms with Crippen molar-refractivity contribution in [3.63, 3.8) is 0 Å². The molecule has 0 spiro atoms. The summed E-state index contributed by atoms with van der Waals surface area (Å²) >= 11 is 1.09. The Morgan fingerprint density at radius 2 is 2.18 bits per heavy atom. The number of aryl methyl sites for hydroxylation is 1. The molecule has 2 heterocycles. The summed E-state index contributed by atoms with van der Waals surface area (Å²) in [5.41, 5.74) is 7.18. The van der Waals surface area contributed by atoms with Crippen LogP contribution < -0.4 is 10.5 Å². The number of nitrogens with two attached hydrogens (primary N) is 1. The third-order valence-corrected chi connectivity index (χ3v) is 4.85. The van der Waals surface area contributed by atoms with Crippen LogP contribution in [0.5, 0.6) is 0 Å². The van der Waals surface area contributed by atoms with Crippen molar-refractivity contribution < 1.29 is 8.42 Å². The summed E-state index contributed by atoms with van der Waals surface area (Å²) in [5.74, 6) is 0. The lowest BCUT2D eigenvalue weighted by Crippen LogP contribution is -2.11. The van der Waals surface area contributed by atoms with Gasteiger partial charge >= 0.3 is 0 Å². The largest absolute Gasteiger partial charge is 0.398 e. The third kappa shape index (κ3) is 2.75.